The molecule has 0 unspecified atom stereocenters. The summed E-state index contributed by atoms with van der Waals surface area (Å²) in [7, 11) is 0. The highest BCUT2D eigenvalue weighted by Gasteiger charge is 2.09. The van der Waals surface area contributed by atoms with E-state index in [1.165, 1.54) is 30.4 Å². The van der Waals surface area contributed by atoms with E-state index in [0.717, 1.165) is 18.7 Å². The number of aryl methyl sites for hydroxylation is 2. The summed E-state index contributed by atoms with van der Waals surface area (Å²) in [6.45, 7) is 7.93. The average molecular weight is 277 g/mol. The molecule has 1 aromatic carbocycles. The number of hydrogen-bond acceptors (Lipinski definition) is 2. The van der Waals surface area contributed by atoms with Gasteiger partial charge in [0.05, 0.1) is 6.42 Å². The van der Waals surface area contributed by atoms with Crippen molar-refractivity contribution >= 4 is 11.7 Å². The van der Waals surface area contributed by atoms with Crippen LogP contribution >= 0.6 is 0 Å². The molecular formula is C17H27NO2. The number of nitrogens with zero attached hydrogens (tertiary/aromatic N) is 1. The lowest BCUT2D eigenvalue weighted by atomic mass is 10.1. The smallest absolute Gasteiger partial charge is 0.305 e. The van der Waals surface area contributed by atoms with E-state index in [0.29, 0.717) is 6.54 Å². The lowest BCUT2D eigenvalue weighted by Crippen LogP contribution is -2.27. The van der Waals surface area contributed by atoms with E-state index in [2.05, 4.69) is 43.9 Å². The fraction of sp³-hybridized carbons (Fsp3) is 0.588. The summed E-state index contributed by atoms with van der Waals surface area (Å²) >= 11 is 0. The molecular weight excluding hydrogens is 250 g/mol. The van der Waals surface area contributed by atoms with Crippen molar-refractivity contribution in [3.8, 4) is 0 Å². The standard InChI is InChI=1S/C17H27NO2/c1-4-5-6-7-11-18(12-10-17(19)20)16-9-8-14(2)15(3)13-16/h8-9,13H,4-7,10-12H2,1-3H3,(H,19,20). The molecule has 3 heteroatoms. The van der Waals surface area contributed by atoms with E-state index >= 15 is 0 Å². The quantitative estimate of drug-likeness (QED) is 0.689. The van der Waals surface area contributed by atoms with Gasteiger partial charge in [0.1, 0.15) is 0 Å². The van der Waals surface area contributed by atoms with Crippen molar-refractivity contribution < 1.29 is 9.90 Å². The number of carbonyl (C=O) groups is 1. The normalized spacial score (nSPS) is 10.6. The minimum atomic E-state index is -0.729. The topological polar surface area (TPSA) is 40.5 Å². The van der Waals surface area contributed by atoms with Crippen LogP contribution in [0, 0.1) is 13.8 Å². The number of anilines is 1. The highest BCUT2D eigenvalue weighted by atomic mass is 16.4. The zero-order chi connectivity index (χ0) is 15.0. The van der Waals surface area contributed by atoms with Gasteiger partial charge in [-0.15, -0.1) is 0 Å². The van der Waals surface area contributed by atoms with Gasteiger partial charge >= 0.3 is 5.97 Å². The summed E-state index contributed by atoms with van der Waals surface area (Å²) in [5.41, 5.74) is 3.68. The molecule has 0 heterocycles. The van der Waals surface area contributed by atoms with E-state index in [4.69, 9.17) is 5.11 Å². The van der Waals surface area contributed by atoms with Crippen LogP contribution in [0.25, 0.3) is 0 Å². The molecule has 0 aliphatic heterocycles. The molecule has 0 saturated carbocycles. The van der Waals surface area contributed by atoms with Crippen LogP contribution in [-0.2, 0) is 4.79 Å². The zero-order valence-corrected chi connectivity index (χ0v) is 13.0. The Kier molecular flexibility index (Phi) is 7.13. The van der Waals surface area contributed by atoms with E-state index < -0.39 is 5.97 Å². The van der Waals surface area contributed by atoms with Gasteiger partial charge in [-0.3, -0.25) is 4.79 Å². The molecule has 0 aliphatic carbocycles. The van der Waals surface area contributed by atoms with Gasteiger partial charge in [-0.2, -0.15) is 0 Å². The van der Waals surface area contributed by atoms with Crippen LogP contribution in [0.3, 0.4) is 0 Å². The fourth-order valence-electron chi connectivity index (χ4n) is 2.25. The summed E-state index contributed by atoms with van der Waals surface area (Å²) in [6.07, 6.45) is 5.00. The van der Waals surface area contributed by atoms with Gasteiger partial charge in [0.2, 0.25) is 0 Å². The van der Waals surface area contributed by atoms with Crippen molar-refractivity contribution in [3.63, 3.8) is 0 Å². The predicted octanol–water partition coefficient (Wildman–Crippen LogP) is 4.16. The maximum Gasteiger partial charge on any atom is 0.305 e. The Bertz CT molecular complexity index is 429. The minimum absolute atomic E-state index is 0.195. The molecule has 112 valence electrons. The lowest BCUT2D eigenvalue weighted by Gasteiger charge is -2.25. The summed E-state index contributed by atoms with van der Waals surface area (Å²) in [6, 6.07) is 6.38. The number of benzene rings is 1. The highest BCUT2D eigenvalue weighted by Crippen LogP contribution is 2.20. The predicted molar refractivity (Wildman–Crippen MR) is 84.5 cm³/mol. The molecule has 20 heavy (non-hydrogen) atoms. The van der Waals surface area contributed by atoms with Crippen molar-refractivity contribution in [2.45, 2.75) is 52.9 Å². The SMILES string of the molecule is CCCCCCN(CCC(=O)O)c1ccc(C)c(C)c1. The number of aliphatic carboxylic acids is 1. The maximum absolute atomic E-state index is 10.8. The lowest BCUT2D eigenvalue weighted by molar-refractivity contribution is -0.136. The van der Waals surface area contributed by atoms with Crippen LogP contribution in [-0.4, -0.2) is 24.2 Å². The van der Waals surface area contributed by atoms with Gasteiger partial charge < -0.3 is 10.0 Å². The molecule has 0 amide bonds. The van der Waals surface area contributed by atoms with Crippen LogP contribution in [0.4, 0.5) is 5.69 Å². The molecule has 0 bridgehead atoms. The fourth-order valence-corrected chi connectivity index (χ4v) is 2.25. The number of unbranched alkanes of at least 4 members (excludes halogenated alkanes) is 3. The average Bonchev–Trinajstić information content (AvgIpc) is 2.41. The van der Waals surface area contributed by atoms with Gasteiger partial charge in [-0.05, 0) is 43.5 Å². The Hall–Kier alpha value is -1.51. The molecule has 0 saturated heterocycles. The van der Waals surface area contributed by atoms with Gasteiger partial charge in [0.25, 0.3) is 0 Å². The number of carboxylic acids is 1. The molecule has 0 aromatic heterocycles. The second-order valence-corrected chi connectivity index (χ2v) is 5.46. The molecule has 0 radical (unpaired) electrons. The van der Waals surface area contributed by atoms with Crippen LogP contribution in [0.1, 0.15) is 50.2 Å². The first-order chi connectivity index (χ1) is 9.54. The third kappa shape index (κ3) is 5.64. The van der Waals surface area contributed by atoms with E-state index in [1.807, 2.05) is 0 Å². The third-order valence-corrected chi connectivity index (χ3v) is 3.73. The molecule has 1 aromatic rings. The maximum atomic E-state index is 10.8. The Labute approximate surface area is 122 Å². The molecule has 0 atom stereocenters. The Morgan fingerprint density at radius 1 is 1.10 bits per heavy atom. The minimum Gasteiger partial charge on any atom is -0.481 e. The van der Waals surface area contributed by atoms with Crippen molar-refractivity contribution in [2.24, 2.45) is 0 Å². The molecule has 0 aliphatic rings. The summed E-state index contributed by atoms with van der Waals surface area (Å²) in [5.74, 6) is -0.729. The number of carboxylic acid groups (broad SMARTS) is 1. The van der Waals surface area contributed by atoms with Crippen LogP contribution in [0.15, 0.2) is 18.2 Å². The Morgan fingerprint density at radius 3 is 2.45 bits per heavy atom. The Morgan fingerprint density at radius 2 is 1.85 bits per heavy atom. The van der Waals surface area contributed by atoms with Gasteiger partial charge in [0.15, 0.2) is 0 Å². The second-order valence-electron chi connectivity index (χ2n) is 5.46. The van der Waals surface area contributed by atoms with Crippen molar-refractivity contribution in [1.82, 2.24) is 0 Å². The van der Waals surface area contributed by atoms with Crippen molar-refractivity contribution in [2.75, 3.05) is 18.0 Å². The first kappa shape index (κ1) is 16.5. The Balaban J connectivity index is 2.68. The van der Waals surface area contributed by atoms with E-state index in [9.17, 15) is 4.79 Å². The highest BCUT2D eigenvalue weighted by molar-refractivity contribution is 5.67. The van der Waals surface area contributed by atoms with Gasteiger partial charge in [0, 0.05) is 18.8 Å². The number of hydrogen-bond donors (Lipinski definition) is 1. The van der Waals surface area contributed by atoms with E-state index in [1.54, 1.807) is 0 Å². The molecule has 1 N–H and O–H groups in total. The zero-order valence-electron chi connectivity index (χ0n) is 13.0. The summed E-state index contributed by atoms with van der Waals surface area (Å²) in [5, 5.41) is 8.89. The molecule has 0 spiro atoms. The first-order valence-electron chi connectivity index (χ1n) is 7.58. The largest absolute Gasteiger partial charge is 0.481 e. The first-order valence-corrected chi connectivity index (χ1v) is 7.58. The summed E-state index contributed by atoms with van der Waals surface area (Å²) in [4.78, 5) is 13.0. The molecule has 1 rings (SSSR count). The van der Waals surface area contributed by atoms with Crippen LogP contribution in [0.5, 0.6) is 0 Å². The summed E-state index contributed by atoms with van der Waals surface area (Å²) < 4.78 is 0. The van der Waals surface area contributed by atoms with E-state index in [-0.39, 0.29) is 6.42 Å². The van der Waals surface area contributed by atoms with Crippen molar-refractivity contribution in [1.29, 1.82) is 0 Å². The second kappa shape index (κ2) is 8.62. The monoisotopic (exact) mass is 277 g/mol. The van der Waals surface area contributed by atoms with Crippen LogP contribution in [0.2, 0.25) is 0 Å². The molecule has 0 fully saturated rings. The van der Waals surface area contributed by atoms with Crippen molar-refractivity contribution in [3.05, 3.63) is 29.3 Å². The van der Waals surface area contributed by atoms with Gasteiger partial charge in [-0.25, -0.2) is 0 Å². The van der Waals surface area contributed by atoms with Gasteiger partial charge in [-0.1, -0.05) is 32.3 Å². The molecule has 3 nitrogen and oxygen atoms in total. The van der Waals surface area contributed by atoms with Crippen LogP contribution < -0.4 is 4.90 Å². The number of rotatable bonds is 9. The third-order valence-electron chi connectivity index (χ3n) is 3.73.